The summed E-state index contributed by atoms with van der Waals surface area (Å²) in [5, 5.41) is 3.15. The number of para-hydroxylation sites is 1. The van der Waals surface area contributed by atoms with Gasteiger partial charge in [0.25, 0.3) is 0 Å². The van der Waals surface area contributed by atoms with Crippen LogP contribution in [0.3, 0.4) is 0 Å². The minimum atomic E-state index is 0.282. The van der Waals surface area contributed by atoms with Gasteiger partial charge in [0.15, 0.2) is 0 Å². The molecule has 3 heteroatoms. The maximum atomic E-state index is 12.1. The van der Waals surface area contributed by atoms with E-state index in [1.54, 1.807) is 0 Å². The lowest BCUT2D eigenvalue weighted by atomic mass is 9.86. The van der Waals surface area contributed by atoms with E-state index >= 15 is 0 Å². The Hall–Kier alpha value is -1.51. The van der Waals surface area contributed by atoms with Crippen molar-refractivity contribution >= 4 is 11.6 Å². The van der Waals surface area contributed by atoms with Crippen molar-refractivity contribution in [1.82, 2.24) is 5.32 Å². The maximum absolute atomic E-state index is 12.1. The standard InChI is InChI=1S/C20H28N2O/c23-20(14-18-13-15-6-7-17(18)12-15)21-9-3-10-22-11-8-16-4-1-2-5-19(16)22/h1-2,4-5,15,17-18H,3,6-14H2,(H,21,23). The highest BCUT2D eigenvalue weighted by Gasteiger charge is 2.39. The Morgan fingerprint density at radius 2 is 2.13 bits per heavy atom. The summed E-state index contributed by atoms with van der Waals surface area (Å²) in [5.74, 6) is 2.75. The van der Waals surface area contributed by atoms with Gasteiger partial charge in [0.05, 0.1) is 0 Å². The Labute approximate surface area is 139 Å². The minimum absolute atomic E-state index is 0.282. The van der Waals surface area contributed by atoms with Gasteiger partial charge in [-0.2, -0.15) is 0 Å². The van der Waals surface area contributed by atoms with Crippen molar-refractivity contribution in [3.05, 3.63) is 29.8 Å². The Morgan fingerprint density at radius 3 is 2.96 bits per heavy atom. The van der Waals surface area contributed by atoms with Crippen LogP contribution in [0, 0.1) is 17.8 Å². The number of anilines is 1. The summed E-state index contributed by atoms with van der Waals surface area (Å²) < 4.78 is 0. The topological polar surface area (TPSA) is 32.3 Å². The molecule has 23 heavy (non-hydrogen) atoms. The van der Waals surface area contributed by atoms with Gasteiger partial charge in [-0.05, 0) is 61.5 Å². The third-order valence-electron chi connectivity index (χ3n) is 6.24. The van der Waals surface area contributed by atoms with E-state index in [0.29, 0.717) is 5.92 Å². The Balaban J connectivity index is 1.16. The number of carbonyl (C=O) groups excluding carboxylic acids is 1. The van der Waals surface area contributed by atoms with E-state index in [1.807, 2.05) is 0 Å². The van der Waals surface area contributed by atoms with Gasteiger partial charge in [0.1, 0.15) is 0 Å². The van der Waals surface area contributed by atoms with E-state index in [1.165, 1.54) is 36.9 Å². The van der Waals surface area contributed by atoms with Crippen LogP contribution in [0.25, 0.3) is 0 Å². The van der Waals surface area contributed by atoms with Gasteiger partial charge in [-0.15, -0.1) is 0 Å². The molecule has 4 rings (SSSR count). The zero-order chi connectivity index (χ0) is 15.6. The number of carbonyl (C=O) groups is 1. The van der Waals surface area contributed by atoms with Gasteiger partial charge in [-0.3, -0.25) is 4.79 Å². The molecule has 1 N–H and O–H groups in total. The summed E-state index contributed by atoms with van der Waals surface area (Å²) in [5.41, 5.74) is 2.86. The molecule has 2 fully saturated rings. The van der Waals surface area contributed by atoms with E-state index in [4.69, 9.17) is 0 Å². The normalized spacial score (nSPS) is 28.2. The van der Waals surface area contributed by atoms with Gasteiger partial charge >= 0.3 is 0 Å². The first-order chi connectivity index (χ1) is 11.3. The van der Waals surface area contributed by atoms with Crippen molar-refractivity contribution in [3.8, 4) is 0 Å². The molecule has 1 aliphatic heterocycles. The predicted octanol–water partition coefficient (Wildman–Crippen LogP) is 3.38. The highest BCUT2D eigenvalue weighted by atomic mass is 16.1. The molecular formula is C20H28N2O. The molecule has 3 aliphatic rings. The summed E-state index contributed by atoms with van der Waals surface area (Å²) in [6.45, 7) is 2.99. The number of nitrogens with one attached hydrogen (secondary N) is 1. The number of benzene rings is 1. The average Bonchev–Trinajstić information content (AvgIpc) is 3.27. The van der Waals surface area contributed by atoms with E-state index in [9.17, 15) is 4.79 Å². The van der Waals surface area contributed by atoms with Crippen LogP contribution in [0.15, 0.2) is 24.3 Å². The number of hydrogen-bond acceptors (Lipinski definition) is 2. The first-order valence-corrected chi connectivity index (χ1v) is 9.39. The van der Waals surface area contributed by atoms with Crippen molar-refractivity contribution in [3.63, 3.8) is 0 Å². The second-order valence-corrected chi connectivity index (χ2v) is 7.71. The monoisotopic (exact) mass is 312 g/mol. The maximum Gasteiger partial charge on any atom is 0.220 e. The van der Waals surface area contributed by atoms with E-state index in [-0.39, 0.29) is 5.91 Å². The van der Waals surface area contributed by atoms with Crippen molar-refractivity contribution in [2.24, 2.45) is 17.8 Å². The van der Waals surface area contributed by atoms with E-state index < -0.39 is 0 Å². The zero-order valence-corrected chi connectivity index (χ0v) is 14.0. The second kappa shape index (κ2) is 6.54. The average molecular weight is 312 g/mol. The summed E-state index contributed by atoms with van der Waals surface area (Å²) in [4.78, 5) is 14.6. The molecule has 1 aromatic carbocycles. The molecule has 0 radical (unpaired) electrons. The van der Waals surface area contributed by atoms with Gasteiger partial charge in [-0.1, -0.05) is 24.6 Å². The SMILES string of the molecule is O=C(CC1CC2CCC1C2)NCCCN1CCc2ccccc21. The van der Waals surface area contributed by atoms with Crippen LogP contribution in [0.1, 0.15) is 44.1 Å². The molecule has 2 bridgehead atoms. The second-order valence-electron chi connectivity index (χ2n) is 7.71. The van der Waals surface area contributed by atoms with Gasteiger partial charge in [0.2, 0.25) is 5.91 Å². The fourth-order valence-electron chi connectivity index (χ4n) is 5.07. The van der Waals surface area contributed by atoms with Crippen LogP contribution < -0.4 is 10.2 Å². The Morgan fingerprint density at radius 1 is 1.22 bits per heavy atom. The van der Waals surface area contributed by atoms with Crippen LogP contribution in [-0.2, 0) is 11.2 Å². The molecule has 1 heterocycles. The smallest absolute Gasteiger partial charge is 0.220 e. The van der Waals surface area contributed by atoms with Crippen molar-refractivity contribution in [2.45, 2.75) is 44.9 Å². The number of rotatable bonds is 6. The molecule has 1 aromatic rings. The molecule has 0 aromatic heterocycles. The molecule has 0 spiro atoms. The summed E-state index contributed by atoms with van der Waals surface area (Å²) in [6.07, 6.45) is 8.46. The molecule has 3 atom stereocenters. The number of fused-ring (bicyclic) bond motifs is 3. The Kier molecular flexibility index (Phi) is 4.28. The first kappa shape index (κ1) is 15.0. The Bertz CT molecular complexity index is 571. The van der Waals surface area contributed by atoms with Crippen LogP contribution in [0.4, 0.5) is 5.69 Å². The molecule has 2 aliphatic carbocycles. The lowest BCUT2D eigenvalue weighted by molar-refractivity contribution is -0.122. The third-order valence-corrected chi connectivity index (χ3v) is 6.24. The molecule has 0 saturated heterocycles. The van der Waals surface area contributed by atoms with Gasteiger partial charge in [-0.25, -0.2) is 0 Å². The minimum Gasteiger partial charge on any atom is -0.371 e. The number of amides is 1. The molecule has 3 nitrogen and oxygen atoms in total. The fraction of sp³-hybridized carbons (Fsp3) is 0.650. The van der Waals surface area contributed by atoms with Gasteiger partial charge < -0.3 is 10.2 Å². The van der Waals surface area contributed by atoms with E-state index in [2.05, 4.69) is 34.5 Å². The lowest BCUT2D eigenvalue weighted by Gasteiger charge is -2.21. The van der Waals surface area contributed by atoms with Crippen molar-refractivity contribution in [1.29, 1.82) is 0 Å². The summed E-state index contributed by atoms with van der Waals surface area (Å²) in [6, 6.07) is 8.69. The van der Waals surface area contributed by atoms with Crippen molar-refractivity contribution < 1.29 is 4.79 Å². The van der Waals surface area contributed by atoms with Crippen LogP contribution in [-0.4, -0.2) is 25.5 Å². The number of nitrogens with zero attached hydrogens (tertiary/aromatic N) is 1. The van der Waals surface area contributed by atoms with E-state index in [0.717, 1.165) is 50.7 Å². The lowest BCUT2D eigenvalue weighted by Crippen LogP contribution is -2.31. The number of hydrogen-bond donors (Lipinski definition) is 1. The highest BCUT2D eigenvalue weighted by Crippen LogP contribution is 2.49. The summed E-state index contributed by atoms with van der Waals surface area (Å²) in [7, 11) is 0. The van der Waals surface area contributed by atoms with Crippen molar-refractivity contribution in [2.75, 3.05) is 24.5 Å². The fourth-order valence-corrected chi connectivity index (χ4v) is 5.07. The van der Waals surface area contributed by atoms with Crippen LogP contribution in [0.2, 0.25) is 0 Å². The summed E-state index contributed by atoms with van der Waals surface area (Å²) >= 11 is 0. The molecule has 1 amide bonds. The van der Waals surface area contributed by atoms with Crippen LogP contribution >= 0.6 is 0 Å². The quantitative estimate of drug-likeness (QED) is 0.817. The molecule has 2 saturated carbocycles. The van der Waals surface area contributed by atoms with Crippen LogP contribution in [0.5, 0.6) is 0 Å². The van der Waals surface area contributed by atoms with Gasteiger partial charge in [0, 0.05) is 31.7 Å². The molecule has 3 unspecified atom stereocenters. The third kappa shape index (κ3) is 3.24. The largest absolute Gasteiger partial charge is 0.371 e. The molecular weight excluding hydrogens is 284 g/mol. The predicted molar refractivity (Wildman–Crippen MR) is 93.5 cm³/mol. The first-order valence-electron chi connectivity index (χ1n) is 9.39. The zero-order valence-electron chi connectivity index (χ0n) is 14.0. The molecule has 124 valence electrons. The highest BCUT2D eigenvalue weighted by molar-refractivity contribution is 5.76.